The number of nitrogens with one attached hydrogen (secondary N) is 2. The van der Waals surface area contributed by atoms with Gasteiger partial charge in [-0.05, 0) is 37.1 Å². The van der Waals surface area contributed by atoms with E-state index >= 15 is 0 Å². The molecule has 9 heteroatoms. The molecule has 0 saturated carbocycles. The van der Waals surface area contributed by atoms with E-state index in [0.29, 0.717) is 18.6 Å². The molecule has 0 amide bonds. The molecule has 1 unspecified atom stereocenters. The van der Waals surface area contributed by atoms with Gasteiger partial charge in [-0.15, -0.1) is 0 Å². The van der Waals surface area contributed by atoms with E-state index < -0.39 is 0 Å². The van der Waals surface area contributed by atoms with Crippen LogP contribution in [0.5, 0.6) is 5.75 Å². The average Bonchev–Trinajstić information content (AvgIpc) is 3.25. The van der Waals surface area contributed by atoms with Crippen molar-refractivity contribution < 1.29 is 14.6 Å². The van der Waals surface area contributed by atoms with E-state index in [0.717, 1.165) is 65.7 Å². The van der Waals surface area contributed by atoms with Crippen LogP contribution in [-0.4, -0.2) is 66.6 Å². The van der Waals surface area contributed by atoms with Crippen molar-refractivity contribution in [3.05, 3.63) is 48.3 Å². The molecule has 0 bridgehead atoms. The lowest BCUT2D eigenvalue weighted by atomic mass is 9.85. The molecule has 0 radical (unpaired) electrons. The van der Waals surface area contributed by atoms with Crippen LogP contribution in [0, 0.1) is 0 Å². The highest BCUT2D eigenvalue weighted by atomic mass is 16.5. The number of aromatic nitrogens is 3. The number of ether oxygens (including phenoxy) is 2. The Morgan fingerprint density at radius 2 is 2.00 bits per heavy atom. The fourth-order valence-electron chi connectivity index (χ4n) is 4.75. The summed E-state index contributed by atoms with van der Waals surface area (Å²) in [4.78, 5) is 16.0. The summed E-state index contributed by atoms with van der Waals surface area (Å²) in [5.74, 6) is 2.02. The van der Waals surface area contributed by atoms with Crippen LogP contribution in [-0.2, 0) is 10.2 Å². The van der Waals surface area contributed by atoms with Gasteiger partial charge in [0.05, 0.1) is 31.2 Å². The number of aliphatic hydroxyl groups is 1. The summed E-state index contributed by atoms with van der Waals surface area (Å²) in [5.41, 5.74) is 4.18. The zero-order valence-electron chi connectivity index (χ0n) is 20.4. The van der Waals surface area contributed by atoms with Crippen molar-refractivity contribution in [2.75, 3.05) is 56.0 Å². The fourth-order valence-corrected chi connectivity index (χ4v) is 4.75. The number of anilines is 4. The Labute approximate surface area is 205 Å². The summed E-state index contributed by atoms with van der Waals surface area (Å²) in [6, 6.07) is 10.0. The highest BCUT2D eigenvalue weighted by molar-refractivity contribution is 5.70. The number of methoxy groups -OCH3 is 2. The molecule has 3 N–H and O–H groups in total. The number of pyridine rings is 1. The molecule has 1 saturated heterocycles. The van der Waals surface area contributed by atoms with E-state index in [9.17, 15) is 5.11 Å². The predicted octanol–water partition coefficient (Wildman–Crippen LogP) is 3.58. The maximum atomic E-state index is 9.89. The molecule has 184 valence electrons. The molecule has 2 aliphatic rings. The topological polar surface area (TPSA) is 105 Å². The van der Waals surface area contributed by atoms with Crippen molar-refractivity contribution in [1.82, 2.24) is 15.0 Å². The number of benzene rings is 1. The number of nitrogens with zero attached hydrogens (tertiary/aromatic N) is 4. The molecule has 1 aromatic carbocycles. The molecule has 9 nitrogen and oxygen atoms in total. The smallest absolute Gasteiger partial charge is 0.227 e. The molecular weight excluding hydrogens is 444 g/mol. The van der Waals surface area contributed by atoms with Crippen molar-refractivity contribution >= 4 is 23.1 Å². The number of hydrogen-bond donors (Lipinski definition) is 3. The van der Waals surface area contributed by atoms with E-state index in [1.54, 1.807) is 26.6 Å². The lowest BCUT2D eigenvalue weighted by molar-refractivity contribution is 0.0819. The maximum Gasteiger partial charge on any atom is 0.227 e. The van der Waals surface area contributed by atoms with Crippen LogP contribution in [0.1, 0.15) is 25.3 Å². The van der Waals surface area contributed by atoms with Crippen molar-refractivity contribution in [3.63, 3.8) is 0 Å². The normalized spacial score (nSPS) is 19.8. The van der Waals surface area contributed by atoms with Crippen LogP contribution < -0.4 is 20.3 Å². The second kappa shape index (κ2) is 9.67. The summed E-state index contributed by atoms with van der Waals surface area (Å²) < 4.78 is 11.2. The van der Waals surface area contributed by atoms with Crippen LogP contribution >= 0.6 is 0 Å². The summed E-state index contributed by atoms with van der Waals surface area (Å²) in [7, 11) is 3.45. The van der Waals surface area contributed by atoms with E-state index in [1.807, 2.05) is 31.2 Å². The Kier molecular flexibility index (Phi) is 6.44. The lowest BCUT2D eigenvalue weighted by Crippen LogP contribution is -2.36. The predicted molar refractivity (Wildman–Crippen MR) is 137 cm³/mol. The number of rotatable bonds is 7. The zero-order valence-corrected chi connectivity index (χ0v) is 20.4. The molecule has 4 heterocycles. The minimum absolute atomic E-state index is 0.0505. The Bertz CT molecular complexity index is 1200. The molecule has 5 rings (SSSR count). The monoisotopic (exact) mass is 476 g/mol. The SMILES string of the molecule is COc1cc(N2CCC(OC)CC2)ccc1Nc1nccc(-c2cnc3c(c2)C(C)(CO)CN3)n1. The molecule has 2 aliphatic heterocycles. The van der Waals surface area contributed by atoms with Gasteiger partial charge < -0.3 is 30.1 Å². The average molecular weight is 477 g/mol. The van der Waals surface area contributed by atoms with Gasteiger partial charge in [-0.2, -0.15) is 0 Å². The molecule has 0 aliphatic carbocycles. The van der Waals surface area contributed by atoms with Gasteiger partial charge in [-0.1, -0.05) is 6.92 Å². The second-order valence-corrected chi connectivity index (χ2v) is 9.39. The first-order chi connectivity index (χ1) is 17.0. The van der Waals surface area contributed by atoms with Crippen LogP contribution in [0.4, 0.5) is 23.1 Å². The van der Waals surface area contributed by atoms with E-state index in [4.69, 9.17) is 14.5 Å². The van der Waals surface area contributed by atoms with Gasteiger partial charge in [-0.3, -0.25) is 0 Å². The number of piperidine rings is 1. The largest absolute Gasteiger partial charge is 0.494 e. The Morgan fingerprint density at radius 3 is 2.74 bits per heavy atom. The highest BCUT2D eigenvalue weighted by Gasteiger charge is 2.35. The van der Waals surface area contributed by atoms with Gasteiger partial charge in [0, 0.05) is 67.4 Å². The van der Waals surface area contributed by atoms with Gasteiger partial charge in [0.15, 0.2) is 0 Å². The van der Waals surface area contributed by atoms with Crippen LogP contribution in [0.25, 0.3) is 11.3 Å². The van der Waals surface area contributed by atoms with Crippen LogP contribution in [0.3, 0.4) is 0 Å². The van der Waals surface area contributed by atoms with Gasteiger partial charge in [0.25, 0.3) is 0 Å². The lowest BCUT2D eigenvalue weighted by Gasteiger charge is -2.33. The molecule has 3 aromatic rings. The van der Waals surface area contributed by atoms with Crippen LogP contribution in [0.15, 0.2) is 42.7 Å². The maximum absolute atomic E-state index is 9.89. The summed E-state index contributed by atoms with van der Waals surface area (Å²) in [6.07, 6.45) is 5.90. The Hall–Kier alpha value is -3.43. The van der Waals surface area contributed by atoms with Crippen LogP contribution in [0.2, 0.25) is 0 Å². The number of fused-ring (bicyclic) bond motifs is 1. The number of aliphatic hydroxyl groups excluding tert-OH is 1. The molecule has 0 spiro atoms. The standard InChI is InChI=1S/C26H32N6O3/c1-26(16-33)15-29-24-20(26)12-17(14-28-24)21-6-9-27-25(30-21)31-22-5-4-18(13-23(22)35-3)32-10-7-19(34-2)8-11-32/h4-6,9,12-14,19,33H,7-8,10-11,15-16H2,1-3H3,(H,28,29)(H,27,30,31). The summed E-state index contributed by atoms with van der Waals surface area (Å²) in [5, 5.41) is 16.5. The van der Waals surface area contributed by atoms with E-state index in [1.165, 1.54) is 0 Å². The number of hydrogen-bond acceptors (Lipinski definition) is 9. The van der Waals surface area contributed by atoms with Crippen molar-refractivity contribution in [2.24, 2.45) is 0 Å². The fraction of sp³-hybridized carbons (Fsp3) is 0.423. The summed E-state index contributed by atoms with van der Waals surface area (Å²) >= 11 is 0. The molecule has 35 heavy (non-hydrogen) atoms. The third-order valence-corrected chi connectivity index (χ3v) is 7.06. The third kappa shape index (κ3) is 4.61. The highest BCUT2D eigenvalue weighted by Crippen LogP contribution is 2.37. The van der Waals surface area contributed by atoms with Gasteiger partial charge in [0.1, 0.15) is 11.6 Å². The zero-order chi connectivity index (χ0) is 24.4. The van der Waals surface area contributed by atoms with Gasteiger partial charge in [0.2, 0.25) is 5.95 Å². The van der Waals surface area contributed by atoms with Crippen molar-refractivity contribution in [1.29, 1.82) is 0 Å². The molecule has 1 atom stereocenters. The molecule has 1 fully saturated rings. The minimum atomic E-state index is -0.361. The molecular formula is C26H32N6O3. The van der Waals surface area contributed by atoms with E-state index in [2.05, 4.69) is 31.6 Å². The van der Waals surface area contributed by atoms with E-state index in [-0.39, 0.29) is 12.0 Å². The van der Waals surface area contributed by atoms with Crippen molar-refractivity contribution in [2.45, 2.75) is 31.3 Å². The first-order valence-electron chi connectivity index (χ1n) is 11.9. The quantitative estimate of drug-likeness (QED) is 0.472. The Balaban J connectivity index is 1.36. The molecule has 2 aromatic heterocycles. The van der Waals surface area contributed by atoms with Crippen molar-refractivity contribution in [3.8, 4) is 17.0 Å². The minimum Gasteiger partial charge on any atom is -0.494 e. The Morgan fingerprint density at radius 1 is 1.17 bits per heavy atom. The first kappa shape index (κ1) is 23.3. The van der Waals surface area contributed by atoms with Gasteiger partial charge in [-0.25, -0.2) is 15.0 Å². The first-order valence-corrected chi connectivity index (χ1v) is 11.9. The van der Waals surface area contributed by atoms with Gasteiger partial charge >= 0.3 is 0 Å². The second-order valence-electron chi connectivity index (χ2n) is 9.39. The summed E-state index contributed by atoms with van der Waals surface area (Å²) in [6.45, 7) is 4.65. The third-order valence-electron chi connectivity index (χ3n) is 7.06.